The summed E-state index contributed by atoms with van der Waals surface area (Å²) in [5.41, 5.74) is 3.71. The molecule has 0 radical (unpaired) electrons. The number of ether oxygens (including phenoxy) is 1. The van der Waals surface area contributed by atoms with Gasteiger partial charge in [-0.1, -0.05) is 89.5 Å². The molecular weight excluding hydrogens is 670 g/mol. The summed E-state index contributed by atoms with van der Waals surface area (Å²) in [6.45, 7) is 24.0. The molecule has 0 aliphatic carbocycles. The van der Waals surface area contributed by atoms with Crippen LogP contribution in [0.2, 0.25) is 41.3 Å². The molecule has 0 saturated carbocycles. The quantitative estimate of drug-likeness (QED) is 0.116. The molecule has 0 fully saturated rings. The number of benzene rings is 2. The van der Waals surface area contributed by atoms with Crippen molar-refractivity contribution in [2.45, 2.75) is 104 Å². The second-order valence-corrected chi connectivity index (χ2v) is 25.5. The Morgan fingerprint density at radius 2 is 1.49 bits per heavy atom. The summed E-state index contributed by atoms with van der Waals surface area (Å²) in [4.78, 5) is 31.9. The highest BCUT2D eigenvalue weighted by atomic mass is 35.5. The zero-order valence-electron chi connectivity index (χ0n) is 30.9. The lowest BCUT2D eigenvalue weighted by Gasteiger charge is -2.39. The van der Waals surface area contributed by atoms with E-state index in [1.165, 1.54) is 0 Å². The number of rotatable bonds is 12. The minimum absolute atomic E-state index is 0.00818. The van der Waals surface area contributed by atoms with E-state index in [9.17, 15) is 9.59 Å². The van der Waals surface area contributed by atoms with E-state index in [0.717, 1.165) is 11.1 Å². The zero-order valence-corrected chi connectivity index (χ0v) is 33.6. The fourth-order valence-corrected chi connectivity index (χ4v) is 7.03. The average Bonchev–Trinajstić information content (AvgIpc) is 3.34. The third-order valence-corrected chi connectivity index (χ3v) is 18.7. The van der Waals surface area contributed by atoms with Crippen LogP contribution in [0.4, 0.5) is 0 Å². The van der Waals surface area contributed by atoms with E-state index < -0.39 is 28.6 Å². The Morgan fingerprint density at radius 3 is 2.08 bits per heavy atom. The van der Waals surface area contributed by atoms with Crippen molar-refractivity contribution < 1.29 is 23.2 Å². The molecule has 1 atom stereocenters. The molecule has 1 unspecified atom stereocenters. The van der Waals surface area contributed by atoms with Gasteiger partial charge in [0.1, 0.15) is 23.2 Å². The molecule has 0 aliphatic rings. The summed E-state index contributed by atoms with van der Waals surface area (Å²) in [7, 11) is -4.46. The maximum atomic E-state index is 13.8. The number of amides is 1. The topological polar surface area (TPSA) is 91.2 Å². The lowest BCUT2D eigenvalue weighted by Crippen LogP contribution is -2.46. The van der Waals surface area contributed by atoms with E-state index in [1.54, 1.807) is 19.2 Å². The first-order valence-electron chi connectivity index (χ1n) is 16.9. The number of hydrogen-bond donors (Lipinski definition) is 1. The second kappa shape index (κ2) is 14.7. The lowest BCUT2D eigenvalue weighted by atomic mass is 10.0. The van der Waals surface area contributed by atoms with E-state index in [4.69, 9.17) is 30.2 Å². The molecule has 0 bridgehead atoms. The van der Waals surface area contributed by atoms with E-state index in [1.807, 2.05) is 59.0 Å². The second-order valence-electron chi connectivity index (χ2n) is 15.6. The highest BCUT2D eigenvalue weighted by Gasteiger charge is 2.42. The molecule has 1 N–H and O–H groups in total. The van der Waals surface area contributed by atoms with E-state index >= 15 is 0 Å². The number of nitrogens with one attached hydrogen (secondary N) is 1. The third kappa shape index (κ3) is 9.15. The zero-order chi connectivity index (χ0) is 36.4. The van der Waals surface area contributed by atoms with Gasteiger partial charge in [-0.05, 0) is 73.0 Å². The van der Waals surface area contributed by atoms with Gasteiger partial charge in [-0.2, -0.15) is 0 Å². The van der Waals surface area contributed by atoms with Crippen LogP contribution in [0.15, 0.2) is 66.9 Å². The summed E-state index contributed by atoms with van der Waals surface area (Å²) in [6, 6.07) is 18.2. The molecule has 0 aliphatic heterocycles. The lowest BCUT2D eigenvalue weighted by molar-refractivity contribution is -0.147. The normalized spacial score (nSPS) is 13.2. The van der Waals surface area contributed by atoms with Crippen molar-refractivity contribution in [2.75, 3.05) is 6.61 Å². The van der Waals surface area contributed by atoms with Crippen LogP contribution in [0.5, 0.6) is 11.5 Å². The Bertz CT molecular complexity index is 1790. The monoisotopic (exact) mass is 721 g/mol. The van der Waals surface area contributed by atoms with Gasteiger partial charge in [-0.3, -0.25) is 4.79 Å². The first kappa shape index (κ1) is 38.2. The van der Waals surface area contributed by atoms with Crippen molar-refractivity contribution in [3.63, 3.8) is 0 Å². The molecule has 49 heavy (non-hydrogen) atoms. The van der Waals surface area contributed by atoms with E-state index in [0.29, 0.717) is 33.6 Å². The van der Waals surface area contributed by atoms with Crippen LogP contribution >= 0.6 is 11.6 Å². The Hall–Kier alpha value is -3.61. The number of fused-ring (bicyclic) bond motifs is 1. The highest BCUT2D eigenvalue weighted by molar-refractivity contribution is 6.75. The van der Waals surface area contributed by atoms with Crippen LogP contribution in [0.25, 0.3) is 16.9 Å². The van der Waals surface area contributed by atoms with Gasteiger partial charge in [0.25, 0.3) is 16.6 Å². The van der Waals surface area contributed by atoms with Gasteiger partial charge >= 0.3 is 5.97 Å². The Kier molecular flexibility index (Phi) is 11.5. The molecule has 4 rings (SSSR count). The molecule has 8 nitrogen and oxygen atoms in total. The Balaban J connectivity index is 1.67. The molecule has 0 saturated heterocycles. The number of esters is 1. The first-order chi connectivity index (χ1) is 22.7. The number of halogens is 1. The van der Waals surface area contributed by atoms with Crippen LogP contribution < -0.4 is 14.2 Å². The molecule has 2 heterocycles. The van der Waals surface area contributed by atoms with Crippen LogP contribution in [0.3, 0.4) is 0 Å². The molecule has 1 amide bonds. The minimum atomic E-state index is -2.26. The number of hydrogen-bond acceptors (Lipinski definition) is 6. The molecule has 264 valence electrons. The summed E-state index contributed by atoms with van der Waals surface area (Å²) in [5.74, 6) is 0.524. The molecule has 2 aromatic carbocycles. The van der Waals surface area contributed by atoms with Gasteiger partial charge in [-0.25, -0.2) is 9.78 Å². The smallest absolute Gasteiger partial charge is 0.328 e. The first-order valence-corrected chi connectivity index (χ1v) is 23.1. The summed E-state index contributed by atoms with van der Waals surface area (Å²) >= 11 is 6.35. The average molecular weight is 722 g/mol. The predicted octanol–water partition coefficient (Wildman–Crippen LogP) is 9.26. The fraction of sp³-hybridized carbons (Fsp3) is 0.447. The van der Waals surface area contributed by atoms with Gasteiger partial charge in [0.05, 0.1) is 29.4 Å². The summed E-state index contributed by atoms with van der Waals surface area (Å²) < 4.78 is 20.9. The van der Waals surface area contributed by atoms with Crippen molar-refractivity contribution >= 4 is 45.8 Å². The van der Waals surface area contributed by atoms with E-state index in [-0.39, 0.29) is 35.4 Å². The molecule has 2 aromatic heterocycles. The van der Waals surface area contributed by atoms with Crippen molar-refractivity contribution in [2.24, 2.45) is 0 Å². The van der Waals surface area contributed by atoms with Gasteiger partial charge in [-0.15, -0.1) is 0 Å². The van der Waals surface area contributed by atoms with Gasteiger partial charge < -0.3 is 23.3 Å². The van der Waals surface area contributed by atoms with Crippen LogP contribution in [0.1, 0.15) is 59.7 Å². The van der Waals surface area contributed by atoms with Crippen LogP contribution in [0, 0.1) is 0 Å². The molecule has 11 heteroatoms. The number of carbonyl (C=O) groups excluding carboxylic acids is 2. The molecule has 4 aromatic rings. The Labute approximate surface area is 298 Å². The number of imidazole rings is 1. The maximum Gasteiger partial charge on any atom is 0.328 e. The predicted molar refractivity (Wildman–Crippen MR) is 204 cm³/mol. The third-order valence-electron chi connectivity index (χ3n) is 9.75. The number of aromatic nitrogens is 2. The van der Waals surface area contributed by atoms with Crippen molar-refractivity contribution in [3.05, 3.63) is 83.1 Å². The van der Waals surface area contributed by atoms with Crippen LogP contribution in [-0.4, -0.2) is 50.5 Å². The molecule has 0 spiro atoms. The van der Waals surface area contributed by atoms with Crippen molar-refractivity contribution in [1.29, 1.82) is 0 Å². The van der Waals surface area contributed by atoms with Gasteiger partial charge in [0, 0.05) is 18.2 Å². The standard InChI is InChI=1S/C38H52ClN3O5Si2/c1-12-45-36(44)29(40-34(43)24-30-35(27-16-14-13-15-17-27)41-33-21-19-28(39)25-42(30)33)22-26-18-20-31(46-48(8,9)37(2,3)4)32(23-26)47-49(10,11)38(5,6)7/h13-21,23,25,29H,12,22,24H2,1-11H3,(H,40,43). The van der Waals surface area contributed by atoms with Crippen molar-refractivity contribution in [3.8, 4) is 22.8 Å². The van der Waals surface area contributed by atoms with Gasteiger partial charge in [0.15, 0.2) is 0 Å². The Morgan fingerprint density at radius 1 is 0.878 bits per heavy atom. The molecular formula is C38H52ClN3O5Si2. The highest BCUT2D eigenvalue weighted by Crippen LogP contribution is 2.44. The fourth-order valence-electron chi connectivity index (χ4n) is 4.83. The summed E-state index contributed by atoms with van der Waals surface area (Å²) in [6.07, 6.45) is 1.93. The maximum absolute atomic E-state index is 13.8. The minimum Gasteiger partial charge on any atom is -0.541 e. The largest absolute Gasteiger partial charge is 0.541 e. The summed E-state index contributed by atoms with van der Waals surface area (Å²) in [5, 5.41) is 3.44. The van der Waals surface area contributed by atoms with Crippen molar-refractivity contribution in [1.82, 2.24) is 14.7 Å². The van der Waals surface area contributed by atoms with Crippen LogP contribution in [-0.2, 0) is 27.2 Å². The number of nitrogens with zero attached hydrogens (tertiary/aromatic N) is 2. The SMILES string of the molecule is CCOC(=O)C(Cc1ccc(O[Si](C)(C)C(C)(C)C)c(O[Si](C)(C)C(C)(C)C)c1)NC(=O)Cc1c(-c2ccccc2)nc2ccc(Cl)cn12. The number of carbonyl (C=O) groups is 2. The van der Waals surface area contributed by atoms with E-state index in [2.05, 4.69) is 73.0 Å². The number of pyridine rings is 1. The van der Waals surface area contributed by atoms with Gasteiger partial charge in [0.2, 0.25) is 5.91 Å².